The van der Waals surface area contributed by atoms with Crippen LogP contribution in [0.1, 0.15) is 15.9 Å². The lowest BCUT2D eigenvalue weighted by Gasteiger charge is -2.05. The summed E-state index contributed by atoms with van der Waals surface area (Å²) in [5, 5.41) is 14.3. The van der Waals surface area contributed by atoms with Gasteiger partial charge in [-0.1, -0.05) is 24.3 Å². The van der Waals surface area contributed by atoms with Gasteiger partial charge in [-0.25, -0.2) is 9.79 Å². The average molecular weight is 475 g/mol. The topological polar surface area (TPSA) is 120 Å². The van der Waals surface area contributed by atoms with Crippen LogP contribution in [0.15, 0.2) is 82.7 Å². The molecule has 3 aromatic carbocycles. The van der Waals surface area contributed by atoms with Gasteiger partial charge in [-0.05, 0) is 65.9 Å². The normalized spacial score (nSPS) is 15.3. The third kappa shape index (κ3) is 5.30. The number of rotatable bonds is 6. The number of esters is 1. The number of nitro benzene ring substituents is 1. The van der Waals surface area contributed by atoms with Crippen molar-refractivity contribution in [1.82, 2.24) is 5.32 Å². The molecule has 0 radical (unpaired) electrons. The highest BCUT2D eigenvalue weighted by atomic mass is 32.2. The second kappa shape index (κ2) is 10.0. The Labute approximate surface area is 198 Å². The van der Waals surface area contributed by atoms with E-state index in [2.05, 4.69) is 10.3 Å². The number of amides is 1. The number of amidine groups is 1. The van der Waals surface area contributed by atoms with E-state index in [1.807, 2.05) is 0 Å². The molecule has 170 valence electrons. The van der Waals surface area contributed by atoms with Crippen molar-refractivity contribution >= 4 is 46.3 Å². The molecule has 0 aliphatic carbocycles. The molecule has 1 aliphatic rings. The molecule has 4 rings (SSSR count). The molecule has 0 spiro atoms. The number of nitrogens with zero attached hydrogens (tertiary/aromatic N) is 2. The van der Waals surface area contributed by atoms with Crippen LogP contribution in [-0.4, -0.2) is 29.1 Å². The van der Waals surface area contributed by atoms with Crippen molar-refractivity contribution < 1.29 is 24.0 Å². The third-order valence-electron chi connectivity index (χ3n) is 4.66. The fraction of sp³-hybridized carbons (Fsp3) is 0.0417. The number of hydrogen-bond donors (Lipinski definition) is 1. The summed E-state index contributed by atoms with van der Waals surface area (Å²) in [4.78, 5) is 40.0. The Morgan fingerprint density at radius 2 is 1.71 bits per heavy atom. The van der Waals surface area contributed by atoms with Crippen LogP contribution < -0.4 is 14.8 Å². The van der Waals surface area contributed by atoms with E-state index < -0.39 is 10.9 Å². The zero-order valence-electron chi connectivity index (χ0n) is 17.8. The van der Waals surface area contributed by atoms with Crippen LogP contribution in [-0.2, 0) is 4.79 Å². The van der Waals surface area contributed by atoms with Crippen LogP contribution in [0.2, 0.25) is 0 Å². The highest BCUT2D eigenvalue weighted by molar-refractivity contribution is 8.18. The van der Waals surface area contributed by atoms with E-state index in [-0.39, 0.29) is 22.9 Å². The Bertz CT molecular complexity index is 1320. The molecule has 0 bridgehead atoms. The number of carbonyl (C=O) groups is 2. The van der Waals surface area contributed by atoms with Crippen LogP contribution in [0, 0.1) is 10.1 Å². The van der Waals surface area contributed by atoms with Crippen molar-refractivity contribution in [3.05, 3.63) is 98.9 Å². The molecule has 1 amide bonds. The van der Waals surface area contributed by atoms with Crippen LogP contribution in [0.25, 0.3) is 6.08 Å². The first-order valence-corrected chi connectivity index (χ1v) is 10.7. The molecule has 1 heterocycles. The smallest absolute Gasteiger partial charge is 0.350 e. The Morgan fingerprint density at radius 1 is 1.03 bits per heavy atom. The molecule has 9 nitrogen and oxygen atoms in total. The van der Waals surface area contributed by atoms with Gasteiger partial charge >= 0.3 is 5.97 Å². The molecule has 0 unspecified atom stereocenters. The predicted molar refractivity (Wildman–Crippen MR) is 128 cm³/mol. The first-order valence-electron chi connectivity index (χ1n) is 9.92. The van der Waals surface area contributed by atoms with E-state index in [4.69, 9.17) is 9.47 Å². The maximum absolute atomic E-state index is 12.4. The number of para-hydroxylation sites is 1. The minimum atomic E-state index is -0.830. The van der Waals surface area contributed by atoms with E-state index in [1.54, 1.807) is 61.7 Å². The first-order chi connectivity index (χ1) is 16.4. The molecule has 1 N–H and O–H groups in total. The van der Waals surface area contributed by atoms with Gasteiger partial charge in [-0.3, -0.25) is 14.9 Å². The van der Waals surface area contributed by atoms with Crippen LogP contribution >= 0.6 is 11.8 Å². The number of ether oxygens (including phenoxy) is 2. The van der Waals surface area contributed by atoms with Crippen molar-refractivity contribution in [2.24, 2.45) is 4.99 Å². The van der Waals surface area contributed by atoms with Gasteiger partial charge in [0.2, 0.25) is 0 Å². The second-order valence-corrected chi connectivity index (χ2v) is 7.94. The van der Waals surface area contributed by atoms with E-state index >= 15 is 0 Å². The maximum atomic E-state index is 12.4. The summed E-state index contributed by atoms with van der Waals surface area (Å²) in [6.07, 6.45) is 1.68. The van der Waals surface area contributed by atoms with Gasteiger partial charge in [-0.15, -0.1) is 0 Å². The molecule has 1 saturated heterocycles. The van der Waals surface area contributed by atoms with E-state index in [1.165, 1.54) is 36.0 Å². The fourth-order valence-corrected chi connectivity index (χ4v) is 3.85. The number of hydrogen-bond acceptors (Lipinski definition) is 8. The number of nitrogens with one attached hydrogen (secondary N) is 1. The molecule has 0 aromatic heterocycles. The lowest BCUT2D eigenvalue weighted by molar-refractivity contribution is -0.385. The van der Waals surface area contributed by atoms with Gasteiger partial charge in [-0.2, -0.15) is 0 Å². The average Bonchev–Trinajstić information content (AvgIpc) is 3.19. The highest BCUT2D eigenvalue weighted by Crippen LogP contribution is 2.29. The number of methoxy groups -OCH3 is 1. The quantitative estimate of drug-likeness (QED) is 0.180. The molecule has 34 heavy (non-hydrogen) atoms. The van der Waals surface area contributed by atoms with Crippen molar-refractivity contribution in [3.63, 3.8) is 0 Å². The lowest BCUT2D eigenvalue weighted by Crippen LogP contribution is -2.19. The van der Waals surface area contributed by atoms with Crippen LogP contribution in [0.4, 0.5) is 11.4 Å². The van der Waals surface area contributed by atoms with Gasteiger partial charge < -0.3 is 14.8 Å². The summed E-state index contributed by atoms with van der Waals surface area (Å²) in [7, 11) is 1.58. The number of nitro groups is 1. The minimum absolute atomic E-state index is 0.138. The minimum Gasteiger partial charge on any atom is -0.497 e. The van der Waals surface area contributed by atoms with Crippen molar-refractivity contribution in [2.75, 3.05) is 7.11 Å². The number of aliphatic imine (C=N–C) groups is 1. The van der Waals surface area contributed by atoms with E-state index in [0.717, 1.165) is 0 Å². The maximum Gasteiger partial charge on any atom is 0.350 e. The summed E-state index contributed by atoms with van der Waals surface area (Å²) < 4.78 is 10.4. The van der Waals surface area contributed by atoms with Gasteiger partial charge in [0.05, 0.1) is 22.6 Å². The predicted octanol–water partition coefficient (Wildman–Crippen LogP) is 4.71. The third-order valence-corrected chi connectivity index (χ3v) is 5.57. The van der Waals surface area contributed by atoms with Gasteiger partial charge in [0.15, 0.2) is 5.17 Å². The Hall–Kier alpha value is -4.44. The zero-order chi connectivity index (χ0) is 24.1. The summed E-state index contributed by atoms with van der Waals surface area (Å²) in [6, 6.07) is 19.1. The Morgan fingerprint density at radius 3 is 2.38 bits per heavy atom. The fourth-order valence-electron chi connectivity index (χ4n) is 3.01. The second-order valence-electron chi connectivity index (χ2n) is 6.91. The van der Waals surface area contributed by atoms with Gasteiger partial charge in [0, 0.05) is 6.07 Å². The summed E-state index contributed by atoms with van der Waals surface area (Å²) in [6.45, 7) is 0. The number of thioether (sulfide) groups is 1. The molecule has 0 atom stereocenters. The molecular weight excluding hydrogens is 458 g/mol. The van der Waals surface area contributed by atoms with Gasteiger partial charge in [0.1, 0.15) is 17.1 Å². The van der Waals surface area contributed by atoms with Crippen molar-refractivity contribution in [1.29, 1.82) is 0 Å². The van der Waals surface area contributed by atoms with Crippen molar-refractivity contribution in [2.45, 2.75) is 0 Å². The zero-order valence-corrected chi connectivity index (χ0v) is 18.6. The van der Waals surface area contributed by atoms with Gasteiger partial charge in [0.25, 0.3) is 11.6 Å². The molecular formula is C24H17N3O6S. The summed E-state index contributed by atoms with van der Waals surface area (Å²) in [5.74, 6) is -0.174. The summed E-state index contributed by atoms with van der Waals surface area (Å²) >= 11 is 1.20. The SMILES string of the molecule is COc1ccc(N=C2NC(=O)/C(=C/c3ccc(OC(=O)c4ccccc4[N+](=O)[O-])cc3)S2)cc1. The molecule has 1 fully saturated rings. The largest absolute Gasteiger partial charge is 0.497 e. The molecule has 0 saturated carbocycles. The number of benzene rings is 3. The van der Waals surface area contributed by atoms with E-state index in [9.17, 15) is 19.7 Å². The van der Waals surface area contributed by atoms with Crippen LogP contribution in [0.5, 0.6) is 11.5 Å². The lowest BCUT2D eigenvalue weighted by atomic mass is 10.2. The Balaban J connectivity index is 1.44. The highest BCUT2D eigenvalue weighted by Gasteiger charge is 2.24. The van der Waals surface area contributed by atoms with Crippen LogP contribution in [0.3, 0.4) is 0 Å². The monoisotopic (exact) mass is 475 g/mol. The standard InChI is InChI=1S/C24H17N3O6S/c1-32-17-12-8-16(9-13-17)25-24-26-22(28)21(34-24)14-15-6-10-18(11-7-15)33-23(29)19-4-2-3-5-20(19)27(30)31/h2-14H,1H3,(H,25,26,28)/b21-14-. The molecule has 10 heteroatoms. The van der Waals surface area contributed by atoms with Crippen molar-refractivity contribution in [3.8, 4) is 11.5 Å². The Kier molecular flexibility index (Phi) is 6.69. The molecule has 1 aliphatic heterocycles. The van der Waals surface area contributed by atoms with E-state index in [0.29, 0.717) is 27.1 Å². The first kappa shape index (κ1) is 22.7. The summed E-state index contributed by atoms with van der Waals surface area (Å²) in [5.41, 5.74) is 0.912. The molecule has 3 aromatic rings. The number of carbonyl (C=O) groups excluding carboxylic acids is 2.